The molecule has 0 radical (unpaired) electrons. The third kappa shape index (κ3) is 5.36. The molecule has 2 aliphatic carbocycles. The number of para-hydroxylation sites is 1. The molecular weight excluding hydrogens is 701 g/mol. The van der Waals surface area contributed by atoms with Crippen LogP contribution in [0, 0.1) is 44.4 Å². The zero-order valence-corrected chi connectivity index (χ0v) is 31.4. The maximum absolute atomic E-state index is 15.4. The van der Waals surface area contributed by atoms with E-state index in [0.717, 1.165) is 28.1 Å². The lowest BCUT2D eigenvalue weighted by Gasteiger charge is -2.50. The van der Waals surface area contributed by atoms with Crippen LogP contribution in [-0.4, -0.2) is 33.7 Å². The molecule has 0 bridgehead atoms. The van der Waals surface area contributed by atoms with E-state index in [1.165, 1.54) is 9.91 Å². The van der Waals surface area contributed by atoms with Crippen LogP contribution in [-0.2, 0) is 24.6 Å². The minimum absolute atomic E-state index is 0.165. The minimum Gasteiger partial charge on any atom is -0.507 e. The molecule has 6 atom stereocenters. The highest BCUT2D eigenvalue weighted by molar-refractivity contribution is 6.22. The highest BCUT2D eigenvalue weighted by Gasteiger charge is 2.70. The summed E-state index contributed by atoms with van der Waals surface area (Å²) in [5.74, 6) is -4.52. The molecule has 5 aromatic carbocycles. The first-order valence-corrected chi connectivity index (χ1v) is 19.1. The number of hydrogen-bond donors (Lipinski definition) is 3. The molecule has 2 heterocycles. The van der Waals surface area contributed by atoms with Crippen molar-refractivity contribution in [3.8, 4) is 5.75 Å². The average molecular weight is 743 g/mol. The molecule has 2 saturated heterocycles. The van der Waals surface area contributed by atoms with Crippen LogP contribution in [0.1, 0.15) is 46.6 Å². The summed E-state index contributed by atoms with van der Waals surface area (Å²) >= 11 is 0. The summed E-state index contributed by atoms with van der Waals surface area (Å²) in [5.41, 5.74) is 9.28. The standard InChI is InChI=1S/C47H42N4O5/c1-27-14-16-34(17-15-27)49-51-44(54)39-26-38-36(41(30-24-28(2)42(52)29(3)25-30)47(39,46(51)56)31-10-6-4-7-11-31)22-23-37-40(38)45(55)50(43(37)53)35-20-18-33(19-21-35)48-32-12-8-5-9-13-32/h4-22,24-25,37-41,48-49,52H,23,26H2,1-3H3/t37-,38+,39-,40-,41-,47+/m0/s1. The normalized spacial score (nSPS) is 25.4. The number of phenols is 1. The van der Waals surface area contributed by atoms with Crippen molar-refractivity contribution in [3.63, 3.8) is 0 Å². The predicted octanol–water partition coefficient (Wildman–Crippen LogP) is 8.25. The first kappa shape index (κ1) is 35.2. The number of aromatic hydroxyl groups is 1. The number of hydrazine groups is 1. The molecule has 56 heavy (non-hydrogen) atoms. The van der Waals surface area contributed by atoms with E-state index in [1.807, 2.05) is 130 Å². The second kappa shape index (κ2) is 13.4. The van der Waals surface area contributed by atoms with Crippen LogP contribution in [0.4, 0.5) is 22.7 Å². The van der Waals surface area contributed by atoms with Crippen molar-refractivity contribution in [1.82, 2.24) is 5.01 Å². The molecule has 0 unspecified atom stereocenters. The Balaban J connectivity index is 1.16. The first-order valence-electron chi connectivity index (χ1n) is 19.1. The SMILES string of the molecule is Cc1ccc(NN2C(=O)[C@@H]3C[C@@H]4C(=CC[C@@H]5C(=O)N(c6ccc(Nc7ccccc7)cc6)C(=O)[C@@H]54)[C@H](c4cc(C)c(O)c(C)c4)[C@]3(c3ccccc3)C2=O)cc1. The van der Waals surface area contributed by atoms with Gasteiger partial charge in [-0.1, -0.05) is 90.0 Å². The summed E-state index contributed by atoms with van der Waals surface area (Å²) in [7, 11) is 0. The molecular formula is C47H42N4O5. The third-order valence-electron chi connectivity index (χ3n) is 12.4. The Hall–Kier alpha value is -6.48. The molecule has 4 aliphatic rings. The number of carbonyl (C=O) groups is 4. The zero-order chi connectivity index (χ0) is 38.9. The van der Waals surface area contributed by atoms with Gasteiger partial charge in [-0.2, -0.15) is 5.01 Å². The number of imide groups is 2. The Labute approximate surface area is 325 Å². The van der Waals surface area contributed by atoms with E-state index < -0.39 is 35.0 Å². The summed E-state index contributed by atoms with van der Waals surface area (Å²) in [4.78, 5) is 60.7. The summed E-state index contributed by atoms with van der Waals surface area (Å²) in [6.07, 6.45) is 2.59. The molecule has 0 aromatic heterocycles. The number of anilines is 4. The Kier molecular flexibility index (Phi) is 8.41. The molecule has 9 heteroatoms. The van der Waals surface area contributed by atoms with E-state index in [2.05, 4.69) is 16.8 Å². The number of rotatable bonds is 7. The van der Waals surface area contributed by atoms with Crippen molar-refractivity contribution in [2.45, 2.75) is 44.9 Å². The number of amides is 4. The van der Waals surface area contributed by atoms with E-state index in [0.29, 0.717) is 34.5 Å². The zero-order valence-electron chi connectivity index (χ0n) is 31.4. The lowest BCUT2D eigenvalue weighted by atomic mass is 9.49. The summed E-state index contributed by atoms with van der Waals surface area (Å²) in [6, 6.07) is 37.8. The van der Waals surface area contributed by atoms with Gasteiger partial charge in [0.1, 0.15) is 5.75 Å². The third-order valence-corrected chi connectivity index (χ3v) is 12.4. The molecule has 280 valence electrons. The number of fused-ring (bicyclic) bond motifs is 4. The first-order chi connectivity index (χ1) is 27.1. The number of nitrogens with one attached hydrogen (secondary N) is 2. The summed E-state index contributed by atoms with van der Waals surface area (Å²) in [5, 5.41) is 15.4. The van der Waals surface area contributed by atoms with E-state index in [-0.39, 0.29) is 35.8 Å². The molecule has 5 aromatic rings. The van der Waals surface area contributed by atoms with Crippen molar-refractivity contribution in [1.29, 1.82) is 0 Å². The summed E-state index contributed by atoms with van der Waals surface area (Å²) in [6.45, 7) is 5.63. The number of carbonyl (C=O) groups excluding carboxylic acids is 4. The van der Waals surface area contributed by atoms with Crippen molar-refractivity contribution in [2.24, 2.45) is 23.7 Å². The van der Waals surface area contributed by atoms with Gasteiger partial charge in [0.15, 0.2) is 0 Å². The molecule has 9 nitrogen and oxygen atoms in total. The fraction of sp³-hybridized carbons (Fsp3) is 0.234. The van der Waals surface area contributed by atoms with Gasteiger partial charge in [0.05, 0.1) is 34.5 Å². The molecule has 2 aliphatic heterocycles. The fourth-order valence-electron chi connectivity index (χ4n) is 9.91. The maximum Gasteiger partial charge on any atom is 0.260 e. The fourth-order valence-corrected chi connectivity index (χ4v) is 9.91. The second-order valence-electron chi connectivity index (χ2n) is 15.6. The van der Waals surface area contributed by atoms with Gasteiger partial charge in [-0.15, -0.1) is 0 Å². The highest BCUT2D eigenvalue weighted by Crippen LogP contribution is 2.64. The largest absolute Gasteiger partial charge is 0.507 e. The number of hydrogen-bond acceptors (Lipinski definition) is 7. The van der Waals surface area contributed by atoms with Crippen LogP contribution in [0.2, 0.25) is 0 Å². The topological polar surface area (TPSA) is 119 Å². The highest BCUT2D eigenvalue weighted by atomic mass is 16.3. The van der Waals surface area contributed by atoms with Gasteiger partial charge in [-0.05, 0) is 110 Å². The van der Waals surface area contributed by atoms with E-state index in [1.54, 1.807) is 12.1 Å². The van der Waals surface area contributed by atoms with Gasteiger partial charge in [0, 0.05) is 17.3 Å². The van der Waals surface area contributed by atoms with Crippen LogP contribution < -0.4 is 15.6 Å². The monoisotopic (exact) mass is 742 g/mol. The quantitative estimate of drug-likeness (QED) is 0.114. The van der Waals surface area contributed by atoms with Crippen molar-refractivity contribution in [3.05, 3.63) is 161 Å². The lowest BCUT2D eigenvalue weighted by molar-refractivity contribution is -0.138. The van der Waals surface area contributed by atoms with Gasteiger partial charge in [0.2, 0.25) is 11.8 Å². The Bertz CT molecular complexity index is 2410. The van der Waals surface area contributed by atoms with Gasteiger partial charge in [-0.25, -0.2) is 0 Å². The predicted molar refractivity (Wildman–Crippen MR) is 215 cm³/mol. The van der Waals surface area contributed by atoms with Crippen LogP contribution in [0.5, 0.6) is 5.75 Å². The van der Waals surface area contributed by atoms with Crippen molar-refractivity contribution in [2.75, 3.05) is 15.6 Å². The molecule has 1 saturated carbocycles. The van der Waals surface area contributed by atoms with Gasteiger partial charge in [-0.3, -0.25) is 29.5 Å². The van der Waals surface area contributed by atoms with E-state index in [4.69, 9.17) is 0 Å². The number of allylic oxidation sites excluding steroid dienone is 2. The molecule has 0 spiro atoms. The van der Waals surface area contributed by atoms with E-state index >= 15 is 4.79 Å². The van der Waals surface area contributed by atoms with Crippen LogP contribution in [0.25, 0.3) is 0 Å². The van der Waals surface area contributed by atoms with Crippen LogP contribution >= 0.6 is 0 Å². The molecule has 9 rings (SSSR count). The average Bonchev–Trinajstić information content (AvgIpc) is 3.59. The maximum atomic E-state index is 15.4. The van der Waals surface area contributed by atoms with Crippen molar-refractivity contribution >= 4 is 46.4 Å². The number of nitrogens with zero attached hydrogens (tertiary/aromatic N) is 2. The molecule has 3 N–H and O–H groups in total. The number of phenolic OH excluding ortho intramolecular Hbond substituents is 1. The second-order valence-corrected chi connectivity index (χ2v) is 15.6. The van der Waals surface area contributed by atoms with Crippen LogP contribution in [0.15, 0.2) is 133 Å². The van der Waals surface area contributed by atoms with E-state index in [9.17, 15) is 19.5 Å². The summed E-state index contributed by atoms with van der Waals surface area (Å²) < 4.78 is 0. The van der Waals surface area contributed by atoms with Gasteiger partial charge >= 0.3 is 0 Å². The Morgan fingerprint density at radius 3 is 1.95 bits per heavy atom. The van der Waals surface area contributed by atoms with Crippen LogP contribution in [0.3, 0.4) is 0 Å². The molecule has 4 amide bonds. The number of aryl methyl sites for hydroxylation is 3. The van der Waals surface area contributed by atoms with Gasteiger partial charge < -0.3 is 10.4 Å². The Morgan fingerprint density at radius 2 is 1.29 bits per heavy atom. The molecule has 3 fully saturated rings. The van der Waals surface area contributed by atoms with Crippen molar-refractivity contribution < 1.29 is 24.3 Å². The lowest BCUT2D eigenvalue weighted by Crippen LogP contribution is -2.53. The Morgan fingerprint density at radius 1 is 0.679 bits per heavy atom. The van der Waals surface area contributed by atoms with Gasteiger partial charge in [0.25, 0.3) is 11.8 Å². The minimum atomic E-state index is -1.38. The number of benzene rings is 5. The smallest absolute Gasteiger partial charge is 0.260 e.